The summed E-state index contributed by atoms with van der Waals surface area (Å²) in [4.78, 5) is 27.1. The third kappa shape index (κ3) is 4.45. The van der Waals surface area contributed by atoms with Crippen molar-refractivity contribution in [2.24, 2.45) is 5.73 Å². The zero-order chi connectivity index (χ0) is 17.6. The zero-order valence-corrected chi connectivity index (χ0v) is 14.5. The molecule has 0 spiro atoms. The van der Waals surface area contributed by atoms with E-state index >= 15 is 0 Å². The minimum Gasteiger partial charge on any atom is -0.461 e. The van der Waals surface area contributed by atoms with Crippen molar-refractivity contribution >= 4 is 40.0 Å². The van der Waals surface area contributed by atoms with E-state index in [-0.39, 0.29) is 18.1 Å². The van der Waals surface area contributed by atoms with Gasteiger partial charge in [0.25, 0.3) is 0 Å². The Morgan fingerprint density at radius 3 is 2.96 bits per heavy atom. The summed E-state index contributed by atoms with van der Waals surface area (Å²) in [5.41, 5.74) is 5.23. The summed E-state index contributed by atoms with van der Waals surface area (Å²) in [5, 5.41) is 13.7. The lowest BCUT2D eigenvalue weighted by atomic mass is 10.3. The molecular formula is C14H14N6O3S2. The number of carbonyl (C=O) groups excluding carboxylic acids is 2. The molecule has 0 aliphatic rings. The zero-order valence-electron chi connectivity index (χ0n) is 12.9. The van der Waals surface area contributed by atoms with Crippen LogP contribution in [0.15, 0.2) is 39.5 Å². The SMILES string of the molecule is NC(=O)CCn1c(SCC(=O)Nc2nccs2)nnc1-c1ccco1. The van der Waals surface area contributed by atoms with Gasteiger partial charge in [-0.15, -0.1) is 21.5 Å². The summed E-state index contributed by atoms with van der Waals surface area (Å²) < 4.78 is 7.05. The maximum Gasteiger partial charge on any atom is 0.236 e. The molecule has 0 aromatic carbocycles. The van der Waals surface area contributed by atoms with Crippen molar-refractivity contribution < 1.29 is 14.0 Å². The van der Waals surface area contributed by atoms with E-state index in [1.165, 1.54) is 29.4 Å². The Morgan fingerprint density at radius 1 is 1.40 bits per heavy atom. The molecule has 3 aromatic rings. The number of thioether (sulfide) groups is 1. The predicted octanol–water partition coefficient (Wildman–Crippen LogP) is 1.60. The fraction of sp³-hybridized carbons (Fsp3) is 0.214. The minimum atomic E-state index is -0.434. The Kier molecular flexibility index (Phi) is 5.46. The van der Waals surface area contributed by atoms with Crippen molar-refractivity contribution in [1.82, 2.24) is 19.7 Å². The third-order valence-corrected chi connectivity index (χ3v) is 4.71. The van der Waals surface area contributed by atoms with Crippen LogP contribution in [0.25, 0.3) is 11.6 Å². The number of nitrogens with zero attached hydrogens (tertiary/aromatic N) is 4. The molecule has 0 unspecified atom stereocenters. The first-order chi connectivity index (χ1) is 12.1. The van der Waals surface area contributed by atoms with Crippen molar-refractivity contribution in [3.63, 3.8) is 0 Å². The van der Waals surface area contributed by atoms with Crippen LogP contribution < -0.4 is 11.1 Å². The second kappa shape index (κ2) is 7.94. The number of furan rings is 1. The summed E-state index contributed by atoms with van der Waals surface area (Å²) >= 11 is 2.55. The second-order valence-corrected chi connectivity index (χ2v) is 6.66. The number of anilines is 1. The van der Waals surface area contributed by atoms with Crippen LogP contribution in [0.2, 0.25) is 0 Å². The van der Waals surface area contributed by atoms with E-state index in [4.69, 9.17) is 10.2 Å². The van der Waals surface area contributed by atoms with Gasteiger partial charge in [0.15, 0.2) is 21.9 Å². The average molecular weight is 378 g/mol. The summed E-state index contributed by atoms with van der Waals surface area (Å²) in [6.07, 6.45) is 3.27. The van der Waals surface area contributed by atoms with Crippen LogP contribution in [0, 0.1) is 0 Å². The van der Waals surface area contributed by atoms with Gasteiger partial charge in [-0.3, -0.25) is 14.2 Å². The molecule has 0 aliphatic heterocycles. The molecule has 0 fully saturated rings. The molecule has 2 amide bonds. The van der Waals surface area contributed by atoms with Crippen LogP contribution in [0.4, 0.5) is 5.13 Å². The Bertz CT molecular complexity index is 844. The van der Waals surface area contributed by atoms with Crippen molar-refractivity contribution in [2.45, 2.75) is 18.1 Å². The average Bonchev–Trinajstić information content (AvgIpc) is 3.31. The summed E-state index contributed by atoms with van der Waals surface area (Å²) in [6, 6.07) is 3.48. The Morgan fingerprint density at radius 2 is 2.28 bits per heavy atom. The van der Waals surface area contributed by atoms with Gasteiger partial charge in [0, 0.05) is 24.5 Å². The number of amides is 2. The maximum atomic E-state index is 12.0. The lowest BCUT2D eigenvalue weighted by Crippen LogP contribution is -2.16. The third-order valence-electron chi connectivity index (χ3n) is 3.05. The molecule has 25 heavy (non-hydrogen) atoms. The van der Waals surface area contributed by atoms with Crippen molar-refractivity contribution in [3.05, 3.63) is 30.0 Å². The van der Waals surface area contributed by atoms with Crippen molar-refractivity contribution in [2.75, 3.05) is 11.1 Å². The summed E-state index contributed by atoms with van der Waals surface area (Å²) in [7, 11) is 0. The van der Waals surface area contributed by atoms with Crippen LogP contribution >= 0.6 is 23.1 Å². The molecule has 3 rings (SSSR count). The van der Waals surface area contributed by atoms with Crippen molar-refractivity contribution in [1.29, 1.82) is 0 Å². The molecule has 0 saturated heterocycles. The van der Waals surface area contributed by atoms with Crippen LogP contribution in [0.3, 0.4) is 0 Å². The first-order valence-electron chi connectivity index (χ1n) is 7.21. The minimum absolute atomic E-state index is 0.130. The smallest absolute Gasteiger partial charge is 0.236 e. The van der Waals surface area contributed by atoms with Crippen molar-refractivity contribution in [3.8, 4) is 11.6 Å². The Hall–Kier alpha value is -2.66. The molecule has 3 aromatic heterocycles. The number of aromatic nitrogens is 4. The van der Waals surface area contributed by atoms with Gasteiger partial charge in [-0.25, -0.2) is 4.98 Å². The van der Waals surface area contributed by atoms with Gasteiger partial charge >= 0.3 is 0 Å². The molecule has 11 heteroatoms. The van der Waals surface area contributed by atoms with Gasteiger partial charge in [-0.2, -0.15) is 0 Å². The highest BCUT2D eigenvalue weighted by atomic mass is 32.2. The van der Waals surface area contributed by atoms with Gasteiger partial charge in [-0.05, 0) is 12.1 Å². The number of primary amides is 1. The summed E-state index contributed by atoms with van der Waals surface area (Å²) in [5.74, 6) is 0.498. The molecule has 0 bridgehead atoms. The van der Waals surface area contributed by atoms with E-state index in [9.17, 15) is 9.59 Å². The van der Waals surface area contributed by atoms with E-state index in [0.29, 0.717) is 28.4 Å². The van der Waals surface area contributed by atoms with Crippen LogP contribution in [-0.2, 0) is 16.1 Å². The van der Waals surface area contributed by atoms with Crippen LogP contribution in [0.5, 0.6) is 0 Å². The molecule has 130 valence electrons. The highest BCUT2D eigenvalue weighted by Crippen LogP contribution is 2.25. The molecule has 3 heterocycles. The normalized spacial score (nSPS) is 10.7. The first kappa shape index (κ1) is 17.2. The van der Waals surface area contributed by atoms with Crippen LogP contribution in [0.1, 0.15) is 6.42 Å². The molecule has 0 atom stereocenters. The van der Waals surface area contributed by atoms with Gasteiger partial charge in [0.1, 0.15) is 0 Å². The fourth-order valence-electron chi connectivity index (χ4n) is 1.98. The van der Waals surface area contributed by atoms with E-state index < -0.39 is 5.91 Å². The standard InChI is InChI=1S/C14H14N6O3S2/c15-10(21)3-5-20-12(9-2-1-6-23-9)18-19-14(20)25-8-11(22)17-13-16-4-7-24-13/h1-2,4,6-7H,3,5,8H2,(H2,15,21)(H,16,17,22). The van der Waals surface area contributed by atoms with Gasteiger partial charge in [-0.1, -0.05) is 11.8 Å². The number of hydrogen-bond acceptors (Lipinski definition) is 8. The Labute approximate surface area is 150 Å². The maximum absolute atomic E-state index is 12.0. The van der Waals surface area contributed by atoms with E-state index in [0.717, 1.165) is 0 Å². The topological polar surface area (TPSA) is 129 Å². The number of nitrogens with two attached hydrogens (primary N) is 1. The number of carbonyl (C=O) groups is 2. The van der Waals surface area contributed by atoms with Crippen LogP contribution in [-0.4, -0.2) is 37.3 Å². The molecule has 0 saturated carbocycles. The highest BCUT2D eigenvalue weighted by molar-refractivity contribution is 7.99. The molecular weight excluding hydrogens is 364 g/mol. The quantitative estimate of drug-likeness (QED) is 0.570. The summed E-state index contributed by atoms with van der Waals surface area (Å²) in [6.45, 7) is 0.300. The second-order valence-electron chi connectivity index (χ2n) is 4.83. The number of nitrogens with one attached hydrogen (secondary N) is 1. The molecule has 0 radical (unpaired) electrons. The number of rotatable bonds is 8. The predicted molar refractivity (Wildman–Crippen MR) is 93.0 cm³/mol. The Balaban J connectivity index is 1.71. The lowest BCUT2D eigenvalue weighted by Gasteiger charge is -2.07. The monoisotopic (exact) mass is 378 g/mol. The highest BCUT2D eigenvalue weighted by Gasteiger charge is 2.18. The van der Waals surface area contributed by atoms with Gasteiger partial charge in [0.2, 0.25) is 11.8 Å². The molecule has 3 N–H and O–H groups in total. The molecule has 9 nitrogen and oxygen atoms in total. The first-order valence-corrected chi connectivity index (χ1v) is 9.07. The fourth-order valence-corrected chi connectivity index (χ4v) is 3.29. The van der Waals surface area contributed by atoms with E-state index in [2.05, 4.69) is 20.5 Å². The van der Waals surface area contributed by atoms with E-state index in [1.807, 2.05) is 0 Å². The number of thiazole rings is 1. The van der Waals surface area contributed by atoms with Gasteiger partial charge < -0.3 is 15.5 Å². The molecule has 0 aliphatic carbocycles. The number of hydrogen-bond donors (Lipinski definition) is 2. The lowest BCUT2D eigenvalue weighted by molar-refractivity contribution is -0.118. The largest absolute Gasteiger partial charge is 0.461 e. The van der Waals surface area contributed by atoms with E-state index in [1.54, 1.807) is 28.3 Å². The van der Waals surface area contributed by atoms with Gasteiger partial charge in [0.05, 0.1) is 12.0 Å².